The van der Waals surface area contributed by atoms with Crippen LogP contribution in [0, 0.1) is 17.3 Å². The Labute approximate surface area is 189 Å². The summed E-state index contributed by atoms with van der Waals surface area (Å²) in [6, 6.07) is 1.22. The molecule has 168 valence electrons. The molecule has 0 radical (unpaired) electrons. The molecule has 1 saturated heterocycles. The van der Waals surface area contributed by atoms with Crippen molar-refractivity contribution in [2.45, 2.75) is 6.18 Å². The first-order valence-electron chi connectivity index (χ1n) is 8.53. The number of alkyl halides is 3. The van der Waals surface area contributed by atoms with E-state index in [1.807, 2.05) is 0 Å². The molecule has 1 aliphatic rings. The fraction of sp³-hybridized carbons (Fsp3) is 0.235. The molecule has 32 heavy (non-hydrogen) atoms. The third-order valence-electron chi connectivity index (χ3n) is 4.30. The summed E-state index contributed by atoms with van der Waals surface area (Å²) in [7, 11) is 0.793. The zero-order valence-corrected chi connectivity index (χ0v) is 18.3. The fourth-order valence-electron chi connectivity index (χ4n) is 2.83. The van der Waals surface area contributed by atoms with Gasteiger partial charge in [0.1, 0.15) is 11.5 Å². The number of aromatic nitrogens is 2. The lowest BCUT2D eigenvalue weighted by Gasteiger charge is -2.18. The Kier molecular flexibility index (Phi) is 6.46. The predicted molar refractivity (Wildman–Crippen MR) is 111 cm³/mol. The number of aliphatic imine (C=N–C) groups is 1. The summed E-state index contributed by atoms with van der Waals surface area (Å²) < 4.78 is 54.2. The number of urea groups is 1. The first-order chi connectivity index (χ1) is 15.0. The van der Waals surface area contributed by atoms with Crippen LogP contribution in [0.25, 0.3) is 5.69 Å². The maximum absolute atomic E-state index is 14.6. The van der Waals surface area contributed by atoms with Gasteiger partial charge in [-0.15, -0.1) is 4.99 Å². The highest BCUT2D eigenvalue weighted by Gasteiger charge is 2.35. The number of benzene rings is 1. The number of nitriles is 1. The molecular formula is C17H11BrF4N6O3S. The number of nitrogens with zero attached hydrogens (tertiary/aromatic N) is 5. The molecule has 9 nitrogen and oxygen atoms in total. The van der Waals surface area contributed by atoms with Crippen molar-refractivity contribution in [3.8, 4) is 11.9 Å². The molecule has 1 fully saturated rings. The molecular weight excluding hydrogens is 524 g/mol. The monoisotopic (exact) mass is 534 g/mol. The highest BCUT2D eigenvalue weighted by molar-refractivity contribution is 9.10. The smallest absolute Gasteiger partial charge is 0.306 e. The van der Waals surface area contributed by atoms with Gasteiger partial charge in [0.05, 0.1) is 11.4 Å². The van der Waals surface area contributed by atoms with Gasteiger partial charge in [0, 0.05) is 29.9 Å². The van der Waals surface area contributed by atoms with Crippen molar-refractivity contribution in [1.29, 1.82) is 5.26 Å². The van der Waals surface area contributed by atoms with Crippen molar-refractivity contribution in [3.63, 3.8) is 0 Å². The maximum atomic E-state index is 14.6. The van der Waals surface area contributed by atoms with Gasteiger partial charge in [0.15, 0.2) is 5.17 Å². The quantitative estimate of drug-likeness (QED) is 0.470. The van der Waals surface area contributed by atoms with E-state index in [1.165, 1.54) is 11.8 Å². The molecule has 0 bridgehead atoms. The van der Waals surface area contributed by atoms with Crippen LogP contribution in [0.15, 0.2) is 37.3 Å². The number of amidine groups is 1. The van der Waals surface area contributed by atoms with Crippen LogP contribution in [-0.2, 0) is 13.2 Å². The molecule has 3 rings (SSSR count). The minimum Gasteiger partial charge on any atom is -0.306 e. The van der Waals surface area contributed by atoms with Gasteiger partial charge in [-0.25, -0.2) is 18.5 Å². The van der Waals surface area contributed by atoms with Gasteiger partial charge in [0.2, 0.25) is 6.19 Å². The average molecular weight is 535 g/mol. The number of carbonyl (C=O) groups is 1. The van der Waals surface area contributed by atoms with Crippen molar-refractivity contribution in [2.24, 2.45) is 12.0 Å². The molecule has 0 saturated carbocycles. The van der Waals surface area contributed by atoms with Crippen LogP contribution in [0.5, 0.6) is 0 Å². The van der Waals surface area contributed by atoms with Gasteiger partial charge >= 0.3 is 17.9 Å². The van der Waals surface area contributed by atoms with E-state index in [0.717, 1.165) is 24.1 Å². The van der Waals surface area contributed by atoms with Gasteiger partial charge in [-0.2, -0.15) is 18.4 Å². The van der Waals surface area contributed by atoms with E-state index < -0.39 is 40.7 Å². The number of hydrogen-bond acceptors (Lipinski definition) is 6. The largest absolute Gasteiger partial charge is 0.431 e. The molecule has 0 spiro atoms. The second-order valence-electron chi connectivity index (χ2n) is 6.25. The molecule has 0 aliphatic carbocycles. The van der Waals surface area contributed by atoms with Gasteiger partial charge in [-0.3, -0.25) is 14.3 Å². The van der Waals surface area contributed by atoms with Gasteiger partial charge in [0.25, 0.3) is 5.56 Å². The summed E-state index contributed by atoms with van der Waals surface area (Å²) in [6.07, 6.45) is -3.40. The molecule has 0 atom stereocenters. The Bertz CT molecular complexity index is 1300. The van der Waals surface area contributed by atoms with Crippen molar-refractivity contribution >= 4 is 44.6 Å². The topological polar surface area (TPSA) is 112 Å². The summed E-state index contributed by atoms with van der Waals surface area (Å²) in [5.74, 6) is -0.613. The number of carbonyl (C=O) groups excluding carboxylic acids is 1. The van der Waals surface area contributed by atoms with E-state index in [2.05, 4.69) is 26.2 Å². The minimum absolute atomic E-state index is 0.0366. The number of rotatable bonds is 2. The van der Waals surface area contributed by atoms with Crippen LogP contribution < -0.4 is 16.6 Å². The normalized spacial score (nSPS) is 15.2. The van der Waals surface area contributed by atoms with Crippen molar-refractivity contribution in [2.75, 3.05) is 17.6 Å². The summed E-state index contributed by atoms with van der Waals surface area (Å²) in [5.41, 5.74) is -5.07. The fourth-order valence-corrected chi connectivity index (χ4v) is 4.14. The number of nitrogens with one attached hydrogen (secondary N) is 1. The Hall–Kier alpha value is -3.12. The Morgan fingerprint density at radius 3 is 2.62 bits per heavy atom. The molecule has 2 heterocycles. The third kappa shape index (κ3) is 4.41. The van der Waals surface area contributed by atoms with Crippen molar-refractivity contribution in [3.05, 3.63) is 55.0 Å². The summed E-state index contributed by atoms with van der Waals surface area (Å²) in [4.78, 5) is 42.0. The highest BCUT2D eigenvalue weighted by Crippen LogP contribution is 2.30. The van der Waals surface area contributed by atoms with Gasteiger partial charge in [-0.05, 0) is 28.1 Å². The second-order valence-corrected chi connectivity index (χ2v) is 8.17. The summed E-state index contributed by atoms with van der Waals surface area (Å²) in [6.45, 7) is 0.238. The minimum atomic E-state index is -4.97. The molecule has 1 aromatic carbocycles. The summed E-state index contributed by atoms with van der Waals surface area (Å²) in [5, 5.41) is 11.3. The Morgan fingerprint density at radius 1 is 1.31 bits per heavy atom. The number of amides is 2. The first-order valence-corrected chi connectivity index (χ1v) is 10.3. The van der Waals surface area contributed by atoms with Crippen LogP contribution >= 0.6 is 27.7 Å². The zero-order valence-electron chi connectivity index (χ0n) is 15.9. The lowest BCUT2D eigenvalue weighted by Crippen LogP contribution is -2.41. The van der Waals surface area contributed by atoms with Gasteiger partial charge < -0.3 is 5.32 Å². The number of thioether (sulfide) groups is 1. The summed E-state index contributed by atoms with van der Waals surface area (Å²) >= 11 is 4.21. The average Bonchev–Trinajstić information content (AvgIpc) is 3.16. The predicted octanol–water partition coefficient (Wildman–Crippen LogP) is 2.87. The van der Waals surface area contributed by atoms with Crippen LogP contribution in [0.3, 0.4) is 0 Å². The van der Waals surface area contributed by atoms with Crippen LogP contribution in [0.2, 0.25) is 0 Å². The molecule has 1 aromatic heterocycles. The first kappa shape index (κ1) is 23.5. The number of anilines is 1. The number of halogens is 5. The Morgan fingerprint density at radius 2 is 2.00 bits per heavy atom. The molecule has 0 unspecified atom stereocenters. The Balaban J connectivity index is 2.07. The SMILES string of the molecule is Cn1c(C(F)(F)F)cc(=O)n(-c2cc(NC(=O)N3CCSC3=NC#N)c(Br)cc2F)c1=O. The van der Waals surface area contributed by atoms with E-state index in [-0.39, 0.29) is 37.1 Å². The van der Waals surface area contributed by atoms with Crippen LogP contribution in [-0.4, -0.2) is 37.5 Å². The van der Waals surface area contributed by atoms with Gasteiger partial charge in [-0.1, -0.05) is 11.8 Å². The third-order valence-corrected chi connectivity index (χ3v) is 5.91. The van der Waals surface area contributed by atoms with Crippen molar-refractivity contribution in [1.82, 2.24) is 14.0 Å². The lowest BCUT2D eigenvalue weighted by atomic mass is 10.2. The second kappa shape index (κ2) is 8.79. The van der Waals surface area contributed by atoms with E-state index >= 15 is 0 Å². The molecule has 1 N–H and O–H groups in total. The standard InChI is InChI=1S/C17H11BrF4N6O3S/c1-26-12(17(20,21)22)6-13(29)28(16(26)31)11-5-10(8(18)4-9(11)19)25-14(30)27-2-3-32-15(27)24-7-23/h4-6H,2-3H2,1H3,(H,25,30). The van der Waals surface area contributed by atoms with E-state index in [1.54, 1.807) is 6.19 Å². The number of hydrogen-bond donors (Lipinski definition) is 1. The molecule has 2 amide bonds. The van der Waals surface area contributed by atoms with Crippen molar-refractivity contribution < 1.29 is 22.4 Å². The van der Waals surface area contributed by atoms with Crippen LogP contribution in [0.4, 0.5) is 28.0 Å². The lowest BCUT2D eigenvalue weighted by molar-refractivity contribution is -0.144. The highest BCUT2D eigenvalue weighted by atomic mass is 79.9. The molecule has 15 heteroatoms. The molecule has 1 aliphatic heterocycles. The maximum Gasteiger partial charge on any atom is 0.431 e. The zero-order chi connectivity index (χ0) is 23.8. The van der Waals surface area contributed by atoms with Crippen LogP contribution in [0.1, 0.15) is 5.69 Å². The molecule has 2 aromatic rings. The van der Waals surface area contributed by atoms with E-state index in [4.69, 9.17) is 5.26 Å². The van der Waals surface area contributed by atoms with E-state index in [0.29, 0.717) is 5.75 Å². The van der Waals surface area contributed by atoms with E-state index in [9.17, 15) is 31.9 Å².